The first-order valence-corrected chi connectivity index (χ1v) is 9.47. The summed E-state index contributed by atoms with van der Waals surface area (Å²) in [6, 6.07) is 0.428. The van der Waals surface area contributed by atoms with E-state index in [1.54, 1.807) is 0 Å². The van der Waals surface area contributed by atoms with Crippen molar-refractivity contribution in [2.24, 2.45) is 11.8 Å². The first kappa shape index (κ1) is 17.4. The predicted molar refractivity (Wildman–Crippen MR) is 90.1 cm³/mol. The third kappa shape index (κ3) is 3.48. The van der Waals surface area contributed by atoms with Crippen molar-refractivity contribution in [3.63, 3.8) is 0 Å². The van der Waals surface area contributed by atoms with Gasteiger partial charge in [-0.2, -0.15) is 0 Å². The van der Waals surface area contributed by atoms with Gasteiger partial charge in [0.1, 0.15) is 0 Å². The van der Waals surface area contributed by atoms with Gasteiger partial charge in [0.05, 0.1) is 11.8 Å². The highest BCUT2D eigenvalue weighted by atomic mass is 16.2. The van der Waals surface area contributed by atoms with Gasteiger partial charge in [-0.05, 0) is 38.8 Å². The van der Waals surface area contributed by atoms with Gasteiger partial charge >= 0.3 is 0 Å². The minimum absolute atomic E-state index is 0.0505. The number of likely N-dealkylation sites (N-methyl/N-ethyl adjacent to an activating group) is 1. The lowest BCUT2D eigenvalue weighted by Gasteiger charge is -2.23. The van der Waals surface area contributed by atoms with Gasteiger partial charge in [-0.3, -0.25) is 24.2 Å². The second-order valence-corrected chi connectivity index (χ2v) is 7.30. The number of nitrogens with one attached hydrogen (secondary N) is 1. The molecule has 6 heteroatoms. The van der Waals surface area contributed by atoms with Crippen LogP contribution >= 0.6 is 0 Å². The molecule has 0 aromatic rings. The van der Waals surface area contributed by atoms with E-state index < -0.39 is 0 Å². The Morgan fingerprint density at radius 3 is 2.38 bits per heavy atom. The monoisotopic (exact) mass is 335 g/mol. The van der Waals surface area contributed by atoms with Crippen molar-refractivity contribution in [3.8, 4) is 0 Å². The number of imide groups is 1. The largest absolute Gasteiger partial charge is 0.354 e. The van der Waals surface area contributed by atoms with E-state index in [2.05, 4.69) is 17.1 Å². The van der Waals surface area contributed by atoms with E-state index in [-0.39, 0.29) is 42.5 Å². The maximum absolute atomic E-state index is 12.4. The van der Waals surface area contributed by atoms with Gasteiger partial charge in [-0.15, -0.1) is 0 Å². The average molecular weight is 335 g/mol. The van der Waals surface area contributed by atoms with E-state index in [1.165, 1.54) is 11.3 Å². The predicted octanol–water partition coefficient (Wildman–Crippen LogP) is 1.15. The second-order valence-electron chi connectivity index (χ2n) is 7.30. The first-order chi connectivity index (χ1) is 11.6. The summed E-state index contributed by atoms with van der Waals surface area (Å²) in [7, 11) is 0. The summed E-state index contributed by atoms with van der Waals surface area (Å²) in [5.74, 6) is -0.402. The number of amides is 3. The Labute approximate surface area is 143 Å². The summed E-state index contributed by atoms with van der Waals surface area (Å²) in [6.45, 7) is 5.17. The molecule has 3 aliphatic rings. The maximum atomic E-state index is 12.4. The minimum atomic E-state index is -0.120. The van der Waals surface area contributed by atoms with Gasteiger partial charge in [0.15, 0.2) is 0 Å². The topological polar surface area (TPSA) is 69.7 Å². The molecule has 2 saturated heterocycles. The molecule has 0 aromatic carbocycles. The number of carbonyl (C=O) groups is 3. The molecular weight excluding hydrogens is 306 g/mol. The van der Waals surface area contributed by atoms with E-state index in [1.807, 2.05) is 0 Å². The number of nitrogens with zero attached hydrogens (tertiary/aromatic N) is 2. The molecule has 1 N–H and O–H groups in total. The lowest BCUT2D eigenvalue weighted by molar-refractivity contribution is -0.140. The number of carbonyl (C=O) groups excluding carboxylic acids is 3. The van der Waals surface area contributed by atoms with Gasteiger partial charge in [0.25, 0.3) is 0 Å². The van der Waals surface area contributed by atoms with Gasteiger partial charge < -0.3 is 5.32 Å². The van der Waals surface area contributed by atoms with Gasteiger partial charge in [-0.25, -0.2) is 0 Å². The van der Waals surface area contributed by atoms with Crippen LogP contribution in [0.25, 0.3) is 0 Å². The maximum Gasteiger partial charge on any atom is 0.233 e. The second kappa shape index (κ2) is 7.64. The van der Waals surface area contributed by atoms with Crippen molar-refractivity contribution in [2.45, 2.75) is 57.9 Å². The molecule has 0 unspecified atom stereocenters. The van der Waals surface area contributed by atoms with Crippen LogP contribution in [0.2, 0.25) is 0 Å². The van der Waals surface area contributed by atoms with E-state index in [4.69, 9.17) is 0 Å². The molecule has 1 aliphatic carbocycles. The Bertz CT molecular complexity index is 484. The molecule has 3 fully saturated rings. The highest BCUT2D eigenvalue weighted by Crippen LogP contribution is 2.37. The SMILES string of the molecule is CCN1CCC[C@@H]1CNC(=O)CCN1C(=O)[C@H]2CCCC[C@H]2C1=O. The number of fused-ring (bicyclic) bond motifs is 1. The molecule has 3 atom stereocenters. The van der Waals surface area contributed by atoms with E-state index in [0.29, 0.717) is 12.6 Å². The summed E-state index contributed by atoms with van der Waals surface area (Å²) in [5.41, 5.74) is 0. The standard InChI is InChI=1S/C18H29N3O3/c1-2-20-10-5-6-13(20)12-19-16(22)9-11-21-17(23)14-7-3-4-8-15(14)18(21)24/h13-15H,2-12H2,1H3,(H,19,22)/t13-,14-,15+/m1/s1. The lowest BCUT2D eigenvalue weighted by Crippen LogP contribution is -2.41. The minimum Gasteiger partial charge on any atom is -0.354 e. The Kier molecular flexibility index (Phi) is 5.54. The van der Waals surface area contributed by atoms with Crippen molar-refractivity contribution in [2.75, 3.05) is 26.2 Å². The fourth-order valence-corrected chi connectivity index (χ4v) is 4.53. The lowest BCUT2D eigenvalue weighted by atomic mass is 9.81. The zero-order valence-corrected chi connectivity index (χ0v) is 14.6. The third-order valence-electron chi connectivity index (χ3n) is 5.93. The number of hydrogen-bond donors (Lipinski definition) is 1. The van der Waals surface area contributed by atoms with Gasteiger partial charge in [-0.1, -0.05) is 19.8 Å². The summed E-state index contributed by atoms with van der Waals surface area (Å²) >= 11 is 0. The molecule has 0 bridgehead atoms. The van der Waals surface area contributed by atoms with Crippen molar-refractivity contribution in [3.05, 3.63) is 0 Å². The molecule has 3 rings (SSSR count). The molecule has 0 radical (unpaired) electrons. The Hall–Kier alpha value is -1.43. The molecule has 0 spiro atoms. The molecule has 2 aliphatic heterocycles. The molecule has 24 heavy (non-hydrogen) atoms. The normalized spacial score (nSPS) is 30.7. The molecule has 2 heterocycles. The highest BCUT2D eigenvalue weighted by Gasteiger charge is 2.47. The summed E-state index contributed by atoms with van der Waals surface area (Å²) in [6.07, 6.45) is 6.25. The average Bonchev–Trinajstić information content (AvgIpc) is 3.15. The van der Waals surface area contributed by atoms with E-state index in [9.17, 15) is 14.4 Å². The van der Waals surface area contributed by atoms with E-state index in [0.717, 1.165) is 45.2 Å². The third-order valence-corrected chi connectivity index (χ3v) is 5.93. The van der Waals surface area contributed by atoms with Crippen LogP contribution in [0, 0.1) is 11.8 Å². The van der Waals surface area contributed by atoms with Crippen LogP contribution in [0.4, 0.5) is 0 Å². The summed E-state index contributed by atoms with van der Waals surface area (Å²) < 4.78 is 0. The van der Waals surface area contributed by atoms with Crippen LogP contribution in [-0.2, 0) is 14.4 Å². The first-order valence-electron chi connectivity index (χ1n) is 9.47. The zero-order valence-electron chi connectivity index (χ0n) is 14.6. The van der Waals surface area contributed by atoms with Crippen LogP contribution < -0.4 is 5.32 Å². The quantitative estimate of drug-likeness (QED) is 0.740. The Balaban J connectivity index is 1.44. The van der Waals surface area contributed by atoms with Crippen LogP contribution in [0.1, 0.15) is 51.9 Å². The fourth-order valence-electron chi connectivity index (χ4n) is 4.53. The molecule has 1 saturated carbocycles. The highest BCUT2D eigenvalue weighted by molar-refractivity contribution is 6.05. The van der Waals surface area contributed by atoms with Crippen molar-refractivity contribution in [1.29, 1.82) is 0 Å². The van der Waals surface area contributed by atoms with Crippen LogP contribution in [0.3, 0.4) is 0 Å². The van der Waals surface area contributed by atoms with Crippen LogP contribution in [0.5, 0.6) is 0 Å². The van der Waals surface area contributed by atoms with E-state index >= 15 is 0 Å². The van der Waals surface area contributed by atoms with Crippen LogP contribution in [0.15, 0.2) is 0 Å². The molecule has 134 valence electrons. The number of hydrogen-bond acceptors (Lipinski definition) is 4. The van der Waals surface area contributed by atoms with Crippen molar-refractivity contribution in [1.82, 2.24) is 15.1 Å². The summed E-state index contributed by atoms with van der Waals surface area (Å²) in [5, 5.41) is 2.98. The molecule has 0 aromatic heterocycles. The molecular formula is C18H29N3O3. The van der Waals surface area contributed by atoms with Crippen LogP contribution in [-0.4, -0.2) is 59.7 Å². The fraction of sp³-hybridized carbons (Fsp3) is 0.833. The molecule has 6 nitrogen and oxygen atoms in total. The zero-order chi connectivity index (χ0) is 17.1. The number of rotatable bonds is 6. The smallest absolute Gasteiger partial charge is 0.233 e. The number of likely N-dealkylation sites (tertiary alicyclic amines) is 2. The van der Waals surface area contributed by atoms with Gasteiger partial charge in [0.2, 0.25) is 17.7 Å². The Morgan fingerprint density at radius 1 is 1.08 bits per heavy atom. The Morgan fingerprint density at radius 2 is 1.75 bits per heavy atom. The van der Waals surface area contributed by atoms with Crippen molar-refractivity contribution >= 4 is 17.7 Å². The summed E-state index contributed by atoms with van der Waals surface area (Å²) in [4.78, 5) is 40.6. The molecule has 3 amide bonds. The van der Waals surface area contributed by atoms with Crippen molar-refractivity contribution < 1.29 is 14.4 Å². The van der Waals surface area contributed by atoms with Gasteiger partial charge in [0, 0.05) is 25.6 Å².